The number of phosphoric ester groups is 1. The fourth-order valence-electron chi connectivity index (χ4n) is 2.16. The van der Waals surface area contributed by atoms with Gasteiger partial charge in [0.25, 0.3) is 0 Å². The number of aliphatic carboxylic acids is 1. The molecule has 0 aliphatic carbocycles. The van der Waals surface area contributed by atoms with E-state index in [0.717, 1.165) is 19.3 Å². The highest BCUT2D eigenvalue weighted by Crippen LogP contribution is 2.45. The molecule has 3 atom stereocenters. The number of unbranched alkanes of at least 4 members (excludes halogenated alkanes) is 2. The molecule has 0 aromatic heterocycles. The van der Waals surface area contributed by atoms with Crippen LogP contribution >= 0.6 is 7.82 Å². The lowest BCUT2D eigenvalue weighted by Crippen LogP contribution is -2.32. The van der Waals surface area contributed by atoms with Crippen LogP contribution in [0.3, 0.4) is 0 Å². The lowest BCUT2D eigenvalue weighted by Gasteiger charge is -2.19. The van der Waals surface area contributed by atoms with Crippen molar-refractivity contribution in [2.45, 2.75) is 44.8 Å². The van der Waals surface area contributed by atoms with Crippen molar-refractivity contribution in [3.63, 3.8) is 0 Å². The van der Waals surface area contributed by atoms with Crippen LogP contribution in [0.25, 0.3) is 0 Å². The van der Waals surface area contributed by atoms with Gasteiger partial charge in [-0.1, -0.05) is 31.9 Å². The van der Waals surface area contributed by atoms with Gasteiger partial charge >= 0.3 is 13.8 Å². The van der Waals surface area contributed by atoms with Crippen LogP contribution in [0.1, 0.15) is 31.7 Å². The van der Waals surface area contributed by atoms with E-state index in [9.17, 15) is 19.4 Å². The number of rotatable bonds is 14. The first kappa shape index (κ1) is 23.6. The Bertz CT molecular complexity index is 609. The molecule has 5 N–H and O–H groups in total. The van der Waals surface area contributed by atoms with E-state index in [1.165, 1.54) is 12.1 Å². The second-order valence-corrected chi connectivity index (χ2v) is 7.38. The molecule has 1 aromatic carbocycles. The van der Waals surface area contributed by atoms with Gasteiger partial charge in [0.1, 0.15) is 17.9 Å². The first-order chi connectivity index (χ1) is 12.8. The van der Waals surface area contributed by atoms with Crippen molar-refractivity contribution in [1.29, 1.82) is 0 Å². The Morgan fingerprint density at radius 1 is 1.26 bits per heavy atom. The van der Waals surface area contributed by atoms with Crippen LogP contribution in [0.5, 0.6) is 5.75 Å². The summed E-state index contributed by atoms with van der Waals surface area (Å²) in [6.07, 6.45) is 2.05. The zero-order valence-corrected chi connectivity index (χ0v) is 16.2. The van der Waals surface area contributed by atoms with Gasteiger partial charge in [0.15, 0.2) is 0 Å². The Kier molecular flexibility index (Phi) is 10.5. The summed E-state index contributed by atoms with van der Waals surface area (Å²) in [5, 5.41) is 18.1. The number of hydrogen-bond acceptors (Lipinski definition) is 7. The van der Waals surface area contributed by atoms with Crippen LogP contribution in [0.2, 0.25) is 0 Å². The molecule has 10 heteroatoms. The molecule has 0 fully saturated rings. The average molecular weight is 405 g/mol. The zero-order chi connectivity index (χ0) is 20.3. The van der Waals surface area contributed by atoms with E-state index < -0.39 is 32.5 Å². The van der Waals surface area contributed by atoms with E-state index in [4.69, 9.17) is 24.6 Å². The highest BCUT2D eigenvalue weighted by atomic mass is 31.2. The van der Waals surface area contributed by atoms with Crippen LogP contribution in [0.15, 0.2) is 24.3 Å². The van der Waals surface area contributed by atoms with E-state index in [-0.39, 0.29) is 18.8 Å². The Morgan fingerprint density at radius 2 is 1.93 bits per heavy atom. The minimum Gasteiger partial charge on any atom is -0.480 e. The van der Waals surface area contributed by atoms with E-state index in [0.29, 0.717) is 12.2 Å². The number of ether oxygens (including phenoxy) is 1. The van der Waals surface area contributed by atoms with Crippen LogP contribution in [0, 0.1) is 0 Å². The van der Waals surface area contributed by atoms with Crippen LogP contribution in [-0.4, -0.2) is 53.0 Å². The molecule has 0 spiro atoms. The third-order valence-electron chi connectivity index (χ3n) is 3.60. The van der Waals surface area contributed by atoms with E-state index in [1.807, 2.05) is 0 Å². The number of carboxylic acid groups (broad SMARTS) is 1. The molecule has 154 valence electrons. The highest BCUT2D eigenvalue weighted by Gasteiger charge is 2.28. The summed E-state index contributed by atoms with van der Waals surface area (Å²) in [5.41, 5.74) is 6.09. The van der Waals surface area contributed by atoms with Crippen LogP contribution in [0.4, 0.5) is 0 Å². The number of benzene rings is 1. The number of aliphatic hydroxyl groups is 1. The first-order valence-corrected chi connectivity index (χ1v) is 10.2. The maximum absolute atomic E-state index is 12.1. The van der Waals surface area contributed by atoms with E-state index in [1.54, 1.807) is 12.1 Å². The lowest BCUT2D eigenvalue weighted by molar-refractivity contribution is -0.138. The lowest BCUT2D eigenvalue weighted by atomic mass is 10.1. The van der Waals surface area contributed by atoms with Crippen LogP contribution in [-0.2, 0) is 25.0 Å². The summed E-state index contributed by atoms with van der Waals surface area (Å²) in [5.74, 6) is -1.05. The molecule has 1 rings (SSSR count). The fourth-order valence-corrected chi connectivity index (χ4v) is 3.09. The van der Waals surface area contributed by atoms with E-state index >= 15 is 0 Å². The normalized spacial score (nSPS) is 15.7. The number of nitrogens with two attached hydrogens (primary N) is 1. The molecule has 1 unspecified atom stereocenters. The molecule has 27 heavy (non-hydrogen) atoms. The smallest absolute Gasteiger partial charge is 0.480 e. The minimum atomic E-state index is -4.47. The number of carboxylic acids is 1. The molecular formula is C17H28NO8P. The maximum atomic E-state index is 12.1. The van der Waals surface area contributed by atoms with Crippen molar-refractivity contribution in [2.75, 3.05) is 19.8 Å². The third kappa shape index (κ3) is 9.86. The topological polar surface area (TPSA) is 149 Å². The molecule has 0 aliphatic heterocycles. The standard InChI is InChI=1S/C17H28NO8P/c1-2-3-4-9-24-12-15(11-19)26-27(22,23)25-14-7-5-13(6-8-14)10-16(18)17(20)21/h5-8,15-16,19H,2-4,9-12,18H2,1H3,(H,20,21)(H,22,23)/t15-,16-/m0/s1. The molecule has 0 amide bonds. The number of phosphoric acid groups is 1. The summed E-state index contributed by atoms with van der Waals surface area (Å²) in [6.45, 7) is 2.02. The molecule has 0 bridgehead atoms. The Balaban J connectivity index is 2.52. The maximum Gasteiger partial charge on any atom is 0.527 e. The number of carbonyl (C=O) groups is 1. The predicted octanol–water partition coefficient (Wildman–Crippen LogP) is 1.70. The number of hydrogen-bond donors (Lipinski definition) is 4. The van der Waals surface area contributed by atoms with Crippen molar-refractivity contribution in [3.05, 3.63) is 29.8 Å². The molecule has 0 saturated carbocycles. The predicted molar refractivity (Wildman–Crippen MR) is 98.5 cm³/mol. The molecule has 0 aliphatic rings. The third-order valence-corrected chi connectivity index (χ3v) is 4.60. The van der Waals surface area contributed by atoms with Crippen molar-refractivity contribution in [2.24, 2.45) is 5.73 Å². The van der Waals surface area contributed by atoms with E-state index in [2.05, 4.69) is 6.92 Å². The quantitative estimate of drug-likeness (QED) is 0.268. The molecule has 0 radical (unpaired) electrons. The summed E-state index contributed by atoms with van der Waals surface area (Å²) < 4.78 is 27.3. The monoisotopic (exact) mass is 405 g/mol. The minimum absolute atomic E-state index is 0.0276. The average Bonchev–Trinajstić information content (AvgIpc) is 2.61. The summed E-state index contributed by atoms with van der Waals surface area (Å²) in [7, 11) is -4.47. The van der Waals surface area contributed by atoms with Gasteiger partial charge < -0.3 is 25.2 Å². The van der Waals surface area contributed by atoms with Gasteiger partial charge in [0.05, 0.1) is 13.2 Å². The van der Waals surface area contributed by atoms with Gasteiger partial charge in [-0.05, 0) is 30.5 Å². The number of aliphatic hydroxyl groups excluding tert-OH is 1. The van der Waals surface area contributed by atoms with Gasteiger partial charge in [0, 0.05) is 6.61 Å². The Morgan fingerprint density at radius 3 is 2.48 bits per heavy atom. The van der Waals surface area contributed by atoms with Crippen LogP contribution < -0.4 is 10.3 Å². The van der Waals surface area contributed by atoms with Crippen molar-refractivity contribution in [1.82, 2.24) is 0 Å². The Labute approximate surface area is 158 Å². The summed E-state index contributed by atoms with van der Waals surface area (Å²) in [6, 6.07) is 4.86. The van der Waals surface area contributed by atoms with Gasteiger partial charge in [-0.3, -0.25) is 14.2 Å². The van der Waals surface area contributed by atoms with Gasteiger partial charge in [-0.2, -0.15) is 0 Å². The molecule has 0 saturated heterocycles. The van der Waals surface area contributed by atoms with Crippen molar-refractivity contribution < 1.29 is 38.3 Å². The SMILES string of the molecule is CCCCCOC[C@H](CO)OP(=O)(O)Oc1ccc(C[C@H](N)C(=O)O)cc1. The fraction of sp³-hybridized carbons (Fsp3) is 0.588. The summed E-state index contributed by atoms with van der Waals surface area (Å²) in [4.78, 5) is 20.6. The highest BCUT2D eigenvalue weighted by molar-refractivity contribution is 7.47. The zero-order valence-electron chi connectivity index (χ0n) is 15.3. The molecule has 1 aromatic rings. The Hall–Kier alpha value is -1.48. The van der Waals surface area contributed by atoms with Crippen molar-refractivity contribution >= 4 is 13.8 Å². The van der Waals surface area contributed by atoms with Gasteiger partial charge in [-0.25, -0.2) is 4.57 Å². The second-order valence-electron chi connectivity index (χ2n) is 6.04. The van der Waals surface area contributed by atoms with Crippen molar-refractivity contribution in [3.8, 4) is 5.75 Å². The second kappa shape index (κ2) is 12.1. The molecular weight excluding hydrogens is 377 g/mol. The summed E-state index contributed by atoms with van der Waals surface area (Å²) >= 11 is 0. The van der Waals surface area contributed by atoms with Gasteiger partial charge in [0.2, 0.25) is 0 Å². The largest absolute Gasteiger partial charge is 0.527 e. The molecule has 0 heterocycles. The molecule has 9 nitrogen and oxygen atoms in total. The first-order valence-electron chi connectivity index (χ1n) is 8.74. The van der Waals surface area contributed by atoms with Gasteiger partial charge in [-0.15, -0.1) is 0 Å².